The van der Waals surface area contributed by atoms with Crippen molar-refractivity contribution in [2.45, 2.75) is 19.1 Å². The van der Waals surface area contributed by atoms with Crippen LogP contribution in [0.3, 0.4) is 0 Å². The van der Waals surface area contributed by atoms with E-state index in [9.17, 15) is 19.7 Å². The van der Waals surface area contributed by atoms with Crippen LogP contribution in [-0.4, -0.2) is 35.8 Å². The van der Waals surface area contributed by atoms with Gasteiger partial charge in [-0.2, -0.15) is 0 Å². The summed E-state index contributed by atoms with van der Waals surface area (Å²) < 4.78 is 5.05. The number of nitrogens with one attached hydrogen (secondary N) is 1. The molecule has 1 aromatic rings. The molecule has 0 aliphatic carbocycles. The number of benzene rings is 1. The second kappa shape index (κ2) is 9.77. The van der Waals surface area contributed by atoms with Crippen LogP contribution < -0.4 is 16.9 Å². The number of nitro groups is 1. The topological polar surface area (TPSA) is 163 Å². The number of aliphatic imine (C=N–C) groups is 1. The molecule has 0 spiro atoms. The Morgan fingerprint density at radius 3 is 2.58 bits per heavy atom. The van der Waals surface area contributed by atoms with Crippen LogP contribution in [0, 0.1) is 16.0 Å². The summed E-state index contributed by atoms with van der Waals surface area (Å²) in [5, 5.41) is 9.80. The highest BCUT2D eigenvalue weighted by Gasteiger charge is 2.33. The maximum atomic E-state index is 12.1. The van der Waals surface area contributed by atoms with E-state index in [1.807, 2.05) is 5.43 Å². The maximum absolute atomic E-state index is 12.1. The molecule has 0 saturated carbocycles. The van der Waals surface area contributed by atoms with Crippen molar-refractivity contribution in [1.29, 1.82) is 0 Å². The van der Waals surface area contributed by atoms with Gasteiger partial charge in [0.2, 0.25) is 0 Å². The number of carbonyl (C=O) groups is 2. The predicted molar refractivity (Wildman–Crippen MR) is 85.0 cm³/mol. The molecule has 130 valence electrons. The van der Waals surface area contributed by atoms with Crippen LogP contribution in [-0.2, 0) is 20.9 Å². The fourth-order valence-electron chi connectivity index (χ4n) is 1.91. The largest absolute Gasteiger partial charge is 0.459 e. The Hall–Kier alpha value is -3.17. The molecular formula is C14H19N5O5. The van der Waals surface area contributed by atoms with E-state index in [0.29, 0.717) is 11.8 Å². The quantitative estimate of drug-likeness (QED) is 0.127. The highest BCUT2D eigenvalue weighted by molar-refractivity contribution is 5.80. The molecule has 0 aromatic heterocycles. The Kier molecular flexibility index (Phi) is 7.68. The minimum atomic E-state index is -1.43. The summed E-state index contributed by atoms with van der Waals surface area (Å²) in [6.07, 6.45) is 0.487. The molecule has 0 bridgehead atoms. The van der Waals surface area contributed by atoms with E-state index in [-0.39, 0.29) is 25.5 Å². The average Bonchev–Trinajstić information content (AvgIpc) is 2.55. The first-order chi connectivity index (χ1) is 11.4. The Morgan fingerprint density at radius 1 is 1.38 bits per heavy atom. The van der Waals surface area contributed by atoms with Gasteiger partial charge in [-0.15, -0.1) is 5.43 Å². The number of carbonyl (C=O) groups excluding carboxylic acids is 2. The molecule has 1 aromatic carbocycles. The Balaban J connectivity index is 2.73. The van der Waals surface area contributed by atoms with Crippen LogP contribution in [0.2, 0.25) is 0 Å². The molecule has 1 rings (SSSR count). The van der Waals surface area contributed by atoms with Gasteiger partial charge in [0.15, 0.2) is 17.0 Å². The van der Waals surface area contributed by atoms with Crippen LogP contribution >= 0.6 is 0 Å². The van der Waals surface area contributed by atoms with Crippen LogP contribution in [0.1, 0.15) is 12.0 Å². The van der Waals surface area contributed by atoms with Crippen molar-refractivity contribution in [3.8, 4) is 0 Å². The first-order valence-corrected chi connectivity index (χ1v) is 7.06. The number of guanidine groups is 1. The fraction of sp³-hybridized carbons (Fsp3) is 0.357. The molecule has 5 N–H and O–H groups in total. The lowest BCUT2D eigenvalue weighted by Crippen LogP contribution is -2.47. The Morgan fingerprint density at radius 2 is 2.04 bits per heavy atom. The molecule has 0 aliphatic rings. The van der Waals surface area contributed by atoms with Crippen molar-refractivity contribution in [2.24, 2.45) is 22.4 Å². The monoisotopic (exact) mass is 337 g/mol. The van der Waals surface area contributed by atoms with Gasteiger partial charge in [0.1, 0.15) is 12.9 Å². The van der Waals surface area contributed by atoms with Gasteiger partial charge in [-0.05, 0) is 12.0 Å². The third kappa shape index (κ3) is 6.73. The molecule has 0 radical (unpaired) electrons. The van der Waals surface area contributed by atoms with Crippen molar-refractivity contribution in [3.05, 3.63) is 46.0 Å². The zero-order valence-electron chi connectivity index (χ0n) is 12.8. The number of nitrogens with zero attached hydrogens (tertiary/aromatic N) is 2. The number of hydrogen-bond donors (Lipinski definition) is 3. The third-order valence-electron chi connectivity index (χ3n) is 3.08. The maximum Gasteiger partial charge on any atom is 0.335 e. The van der Waals surface area contributed by atoms with Crippen LogP contribution in [0.4, 0.5) is 0 Å². The second-order valence-electron chi connectivity index (χ2n) is 4.85. The zero-order chi connectivity index (χ0) is 17.9. The highest BCUT2D eigenvalue weighted by Crippen LogP contribution is 2.11. The van der Waals surface area contributed by atoms with E-state index in [0.717, 1.165) is 0 Å². The molecule has 10 nitrogen and oxygen atoms in total. The number of rotatable bonds is 10. The SMILES string of the molecule is NC(N)=NCCC(C=O)C(N[N+](=O)[O-])C(=O)OCc1ccccc1. The minimum Gasteiger partial charge on any atom is -0.459 e. The standard InChI is InChI=1S/C14H19N5O5/c15-14(16)17-7-6-11(8-20)12(18-19(22)23)13(21)24-9-10-4-2-1-3-5-10/h1-5,8,11-12,18H,6-7,9H2,(H4,15,16,17). The van der Waals surface area contributed by atoms with Gasteiger partial charge in [-0.25, -0.2) is 14.9 Å². The summed E-state index contributed by atoms with van der Waals surface area (Å²) in [4.78, 5) is 37.7. The molecule has 0 amide bonds. The van der Waals surface area contributed by atoms with Gasteiger partial charge in [-0.3, -0.25) is 4.99 Å². The normalized spacial score (nSPS) is 12.5. The Labute approximate surface area is 138 Å². The molecule has 0 heterocycles. The number of hydrazine groups is 1. The van der Waals surface area contributed by atoms with Gasteiger partial charge in [0.05, 0.1) is 5.92 Å². The molecule has 0 saturated heterocycles. The van der Waals surface area contributed by atoms with E-state index in [1.54, 1.807) is 30.3 Å². The molecule has 0 fully saturated rings. The number of hydrogen-bond acceptors (Lipinski definition) is 6. The third-order valence-corrected chi connectivity index (χ3v) is 3.08. The van der Waals surface area contributed by atoms with Gasteiger partial charge in [0.25, 0.3) is 0 Å². The van der Waals surface area contributed by atoms with Crippen molar-refractivity contribution >= 4 is 18.2 Å². The zero-order valence-corrected chi connectivity index (χ0v) is 12.8. The molecule has 0 aliphatic heterocycles. The number of ether oxygens (including phenoxy) is 1. The summed E-state index contributed by atoms with van der Waals surface area (Å²) >= 11 is 0. The van der Waals surface area contributed by atoms with Crippen LogP contribution in [0.25, 0.3) is 0 Å². The molecular weight excluding hydrogens is 318 g/mol. The van der Waals surface area contributed by atoms with E-state index in [2.05, 4.69) is 4.99 Å². The van der Waals surface area contributed by atoms with E-state index < -0.39 is 23.0 Å². The van der Waals surface area contributed by atoms with Gasteiger partial charge in [-0.1, -0.05) is 30.3 Å². The highest BCUT2D eigenvalue weighted by atomic mass is 16.7. The van der Waals surface area contributed by atoms with Crippen LogP contribution in [0.5, 0.6) is 0 Å². The minimum absolute atomic E-state index is 0.0490. The van der Waals surface area contributed by atoms with Crippen molar-refractivity contribution < 1.29 is 19.4 Å². The van der Waals surface area contributed by atoms with Crippen LogP contribution in [0.15, 0.2) is 35.3 Å². The van der Waals surface area contributed by atoms with Gasteiger partial charge in [0, 0.05) is 6.54 Å². The molecule has 2 atom stereocenters. The summed E-state index contributed by atoms with van der Waals surface area (Å²) in [7, 11) is 0. The summed E-state index contributed by atoms with van der Waals surface area (Å²) in [5.41, 5.74) is 12.9. The lowest BCUT2D eigenvalue weighted by Gasteiger charge is -2.18. The van der Waals surface area contributed by atoms with Crippen molar-refractivity contribution in [3.63, 3.8) is 0 Å². The van der Waals surface area contributed by atoms with Gasteiger partial charge >= 0.3 is 5.97 Å². The lowest BCUT2D eigenvalue weighted by atomic mass is 9.98. The van der Waals surface area contributed by atoms with Crippen molar-refractivity contribution in [1.82, 2.24) is 5.43 Å². The number of aldehydes is 1. The molecule has 2 unspecified atom stereocenters. The van der Waals surface area contributed by atoms with E-state index >= 15 is 0 Å². The van der Waals surface area contributed by atoms with Crippen molar-refractivity contribution in [2.75, 3.05) is 6.54 Å². The summed E-state index contributed by atoms with van der Waals surface area (Å²) in [6, 6.07) is 7.36. The average molecular weight is 337 g/mol. The number of esters is 1. The predicted octanol–water partition coefficient (Wildman–Crippen LogP) is -0.642. The van der Waals surface area contributed by atoms with Gasteiger partial charge < -0.3 is 21.0 Å². The number of nitrogens with two attached hydrogens (primary N) is 2. The second-order valence-corrected chi connectivity index (χ2v) is 4.85. The fourth-order valence-corrected chi connectivity index (χ4v) is 1.91. The lowest BCUT2D eigenvalue weighted by molar-refractivity contribution is -0.550. The molecule has 24 heavy (non-hydrogen) atoms. The first-order valence-electron chi connectivity index (χ1n) is 7.06. The first kappa shape index (κ1) is 18.9. The Bertz CT molecular complexity index is 588. The van der Waals surface area contributed by atoms with E-state index in [1.165, 1.54) is 0 Å². The summed E-state index contributed by atoms with van der Waals surface area (Å²) in [6.45, 7) is -0.0113. The smallest absolute Gasteiger partial charge is 0.335 e. The van der Waals surface area contributed by atoms with E-state index in [4.69, 9.17) is 16.2 Å². The molecule has 10 heteroatoms. The summed E-state index contributed by atoms with van der Waals surface area (Å²) in [5.74, 6) is -2.09.